The highest BCUT2D eigenvalue weighted by atomic mass is 16.6. The molecule has 112 valence electrons. The first-order chi connectivity index (χ1) is 9.41. The Labute approximate surface area is 120 Å². The molecule has 0 fully saturated rings. The minimum Gasteiger partial charge on any atom is -0.448 e. The molecule has 0 saturated heterocycles. The lowest BCUT2D eigenvalue weighted by Gasteiger charge is -2.29. The van der Waals surface area contributed by atoms with E-state index in [1.165, 1.54) is 0 Å². The molecule has 0 heterocycles. The van der Waals surface area contributed by atoms with Crippen LogP contribution in [0.25, 0.3) is 0 Å². The number of nitrogens with zero attached hydrogens (tertiary/aromatic N) is 1. The number of carbonyl (C=O) groups is 1. The molecule has 3 N–H and O–H groups in total. The summed E-state index contributed by atoms with van der Waals surface area (Å²) >= 11 is 0. The van der Waals surface area contributed by atoms with Crippen molar-refractivity contribution in [3.63, 3.8) is 0 Å². The van der Waals surface area contributed by atoms with Crippen molar-refractivity contribution in [3.05, 3.63) is 35.9 Å². The summed E-state index contributed by atoms with van der Waals surface area (Å²) in [5.74, 6) is 6.04. The monoisotopic (exact) mass is 280 g/mol. The lowest BCUT2D eigenvalue weighted by molar-refractivity contribution is 0.0359. The Hall–Kier alpha value is -1.59. The Balaban J connectivity index is 2.67. The third-order valence-electron chi connectivity index (χ3n) is 2.95. The normalized spacial score (nSPS) is 13.9. The lowest BCUT2D eigenvalue weighted by Crippen LogP contribution is -2.52. The van der Waals surface area contributed by atoms with Gasteiger partial charge in [0.15, 0.2) is 0 Å². The van der Waals surface area contributed by atoms with E-state index in [0.29, 0.717) is 13.0 Å². The first-order valence-corrected chi connectivity index (χ1v) is 6.84. The van der Waals surface area contributed by atoms with Gasteiger partial charge in [0, 0.05) is 0 Å². The molecule has 0 aromatic heterocycles. The van der Waals surface area contributed by atoms with Gasteiger partial charge < -0.3 is 9.84 Å². The number of hydrogen-bond donors (Lipinski definition) is 2. The number of aliphatic hydroxyl groups excluding tert-OH is 1. The zero-order valence-corrected chi connectivity index (χ0v) is 12.3. The van der Waals surface area contributed by atoms with Gasteiger partial charge in [0.2, 0.25) is 0 Å². The molecule has 0 aliphatic heterocycles. The highest BCUT2D eigenvalue weighted by Crippen LogP contribution is 2.11. The van der Waals surface area contributed by atoms with Crippen LogP contribution in [0.4, 0.5) is 4.79 Å². The maximum Gasteiger partial charge on any atom is 0.424 e. The first kappa shape index (κ1) is 16.5. The van der Waals surface area contributed by atoms with E-state index >= 15 is 0 Å². The van der Waals surface area contributed by atoms with E-state index in [9.17, 15) is 9.90 Å². The molecule has 0 aliphatic carbocycles. The van der Waals surface area contributed by atoms with Crippen molar-refractivity contribution in [2.45, 2.75) is 39.3 Å². The zero-order chi connectivity index (χ0) is 15.1. The number of hydrogen-bond acceptors (Lipinski definition) is 4. The van der Waals surface area contributed by atoms with Gasteiger partial charge in [-0.3, -0.25) is 0 Å². The maximum absolute atomic E-state index is 11.9. The van der Waals surface area contributed by atoms with E-state index in [4.69, 9.17) is 10.6 Å². The van der Waals surface area contributed by atoms with Crippen LogP contribution in [-0.2, 0) is 11.2 Å². The number of benzene rings is 1. The van der Waals surface area contributed by atoms with Crippen LogP contribution < -0.4 is 5.84 Å². The average Bonchev–Trinajstić information content (AvgIpc) is 2.42. The fourth-order valence-corrected chi connectivity index (χ4v) is 1.80. The smallest absolute Gasteiger partial charge is 0.424 e. The molecular weight excluding hydrogens is 256 g/mol. The minimum absolute atomic E-state index is 0.242. The fourth-order valence-electron chi connectivity index (χ4n) is 1.80. The van der Waals surface area contributed by atoms with Gasteiger partial charge in [-0.05, 0) is 24.8 Å². The lowest BCUT2D eigenvalue weighted by atomic mass is 10.0. The summed E-state index contributed by atoms with van der Waals surface area (Å²) in [6.07, 6.45) is -0.876. The van der Waals surface area contributed by atoms with Crippen molar-refractivity contribution in [1.82, 2.24) is 5.01 Å². The van der Waals surface area contributed by atoms with Crippen LogP contribution in [0.5, 0.6) is 0 Å². The summed E-state index contributed by atoms with van der Waals surface area (Å²) in [5, 5.41) is 10.8. The van der Waals surface area contributed by atoms with Gasteiger partial charge >= 0.3 is 6.09 Å². The molecule has 1 amide bonds. The molecule has 2 unspecified atom stereocenters. The molecular formula is C15H24N2O3. The average molecular weight is 280 g/mol. The van der Waals surface area contributed by atoms with Gasteiger partial charge in [-0.1, -0.05) is 44.2 Å². The number of carbonyl (C=O) groups excluding carboxylic acids is 1. The summed E-state index contributed by atoms with van der Waals surface area (Å²) in [6, 6.07) is 9.08. The number of ether oxygens (including phenoxy) is 1. The molecule has 5 nitrogen and oxygen atoms in total. The van der Waals surface area contributed by atoms with E-state index in [0.717, 1.165) is 10.6 Å². The van der Waals surface area contributed by atoms with Gasteiger partial charge in [-0.15, -0.1) is 0 Å². The molecule has 0 saturated carbocycles. The molecule has 5 heteroatoms. The number of hydrazine groups is 1. The van der Waals surface area contributed by atoms with Gasteiger partial charge in [-0.2, -0.15) is 0 Å². The van der Waals surface area contributed by atoms with Crippen molar-refractivity contribution >= 4 is 6.09 Å². The second kappa shape index (κ2) is 7.87. The third kappa shape index (κ3) is 5.19. The van der Waals surface area contributed by atoms with Gasteiger partial charge in [0.25, 0.3) is 0 Å². The van der Waals surface area contributed by atoms with E-state index < -0.39 is 18.2 Å². The van der Waals surface area contributed by atoms with Crippen LogP contribution in [-0.4, -0.2) is 35.0 Å². The standard InChI is InChI=1S/C15H24N2O3/c1-11(2)10-20-15(19)17(16)14(12(3)18)9-13-7-5-4-6-8-13/h4-8,11-12,14,18H,9-10,16H2,1-3H3. The molecule has 1 aromatic rings. The molecule has 2 atom stereocenters. The van der Waals surface area contributed by atoms with Crippen molar-refractivity contribution in [3.8, 4) is 0 Å². The van der Waals surface area contributed by atoms with E-state index in [-0.39, 0.29) is 5.92 Å². The maximum atomic E-state index is 11.9. The van der Waals surface area contributed by atoms with E-state index in [2.05, 4.69) is 0 Å². The molecule has 1 rings (SSSR count). The molecule has 20 heavy (non-hydrogen) atoms. The molecule has 1 aromatic carbocycles. The highest BCUT2D eigenvalue weighted by Gasteiger charge is 2.26. The van der Waals surface area contributed by atoms with Gasteiger partial charge in [-0.25, -0.2) is 15.6 Å². The van der Waals surface area contributed by atoms with Crippen LogP contribution in [0, 0.1) is 5.92 Å². The summed E-state index contributed by atoms with van der Waals surface area (Å²) in [4.78, 5) is 11.9. The molecule has 0 spiro atoms. The number of aliphatic hydroxyl groups is 1. The number of rotatable bonds is 6. The fraction of sp³-hybridized carbons (Fsp3) is 0.533. The second-order valence-corrected chi connectivity index (χ2v) is 5.38. The van der Waals surface area contributed by atoms with E-state index in [1.54, 1.807) is 6.92 Å². The zero-order valence-electron chi connectivity index (χ0n) is 12.3. The van der Waals surface area contributed by atoms with Crippen molar-refractivity contribution in [1.29, 1.82) is 0 Å². The topological polar surface area (TPSA) is 75.8 Å². The van der Waals surface area contributed by atoms with Crippen molar-refractivity contribution in [2.24, 2.45) is 11.8 Å². The van der Waals surface area contributed by atoms with Gasteiger partial charge in [0.1, 0.15) is 0 Å². The molecule has 0 bridgehead atoms. The quantitative estimate of drug-likeness (QED) is 0.474. The molecule has 0 radical (unpaired) electrons. The Morgan fingerprint density at radius 2 is 1.90 bits per heavy atom. The predicted octanol–water partition coefficient (Wildman–Crippen LogP) is 1.95. The summed E-state index contributed by atoms with van der Waals surface area (Å²) in [6.45, 7) is 5.82. The van der Waals surface area contributed by atoms with Crippen LogP contribution in [0.2, 0.25) is 0 Å². The van der Waals surface area contributed by atoms with Crippen LogP contribution in [0.3, 0.4) is 0 Å². The summed E-state index contributed by atoms with van der Waals surface area (Å²) in [7, 11) is 0. The van der Waals surface area contributed by atoms with Crippen molar-refractivity contribution < 1.29 is 14.6 Å². The SMILES string of the molecule is CC(C)COC(=O)N(N)C(Cc1ccccc1)C(C)O. The Morgan fingerprint density at radius 3 is 2.40 bits per heavy atom. The Kier molecular flexibility index (Phi) is 6.48. The van der Waals surface area contributed by atoms with Crippen LogP contribution in [0.15, 0.2) is 30.3 Å². The highest BCUT2D eigenvalue weighted by molar-refractivity contribution is 5.67. The minimum atomic E-state index is -0.744. The van der Waals surface area contributed by atoms with Gasteiger partial charge in [0.05, 0.1) is 18.8 Å². The van der Waals surface area contributed by atoms with Crippen LogP contribution >= 0.6 is 0 Å². The second-order valence-electron chi connectivity index (χ2n) is 5.38. The largest absolute Gasteiger partial charge is 0.448 e. The predicted molar refractivity (Wildman–Crippen MR) is 77.8 cm³/mol. The Bertz CT molecular complexity index is 407. The third-order valence-corrected chi connectivity index (χ3v) is 2.95. The van der Waals surface area contributed by atoms with Crippen LogP contribution in [0.1, 0.15) is 26.3 Å². The summed E-state index contributed by atoms with van der Waals surface area (Å²) < 4.78 is 5.08. The number of nitrogens with two attached hydrogens (primary N) is 1. The number of amides is 1. The van der Waals surface area contributed by atoms with Crippen molar-refractivity contribution in [2.75, 3.05) is 6.61 Å². The summed E-state index contributed by atoms with van der Waals surface area (Å²) in [5.41, 5.74) is 1.01. The first-order valence-electron chi connectivity index (χ1n) is 6.84. The Morgan fingerprint density at radius 1 is 1.30 bits per heavy atom. The molecule has 0 aliphatic rings. The van der Waals surface area contributed by atoms with E-state index in [1.807, 2.05) is 44.2 Å².